The summed E-state index contributed by atoms with van der Waals surface area (Å²) in [5, 5.41) is 0. The number of hydrogen-bond donors (Lipinski definition) is 1. The van der Waals surface area contributed by atoms with Crippen molar-refractivity contribution in [2.24, 2.45) is 0 Å². The Morgan fingerprint density at radius 3 is 2.26 bits per heavy atom. The third-order valence-corrected chi connectivity index (χ3v) is 4.26. The SMILES string of the molecule is CCCCC(=O)c1ccc(S(=O)(=O)NCCC)cc1. The van der Waals surface area contributed by atoms with Gasteiger partial charge in [0, 0.05) is 18.5 Å². The van der Waals surface area contributed by atoms with Gasteiger partial charge in [-0.25, -0.2) is 13.1 Å². The summed E-state index contributed by atoms with van der Waals surface area (Å²) in [6.45, 7) is 4.35. The first kappa shape index (κ1) is 15.9. The van der Waals surface area contributed by atoms with Gasteiger partial charge in [-0.2, -0.15) is 0 Å². The number of benzene rings is 1. The number of ketones is 1. The number of carbonyl (C=O) groups excluding carboxylic acids is 1. The molecule has 1 rings (SSSR count). The van der Waals surface area contributed by atoms with Gasteiger partial charge in [-0.1, -0.05) is 32.4 Å². The third kappa shape index (κ3) is 4.76. The predicted octanol–water partition coefficient (Wildman–Crippen LogP) is 2.75. The summed E-state index contributed by atoms with van der Waals surface area (Å²) in [6, 6.07) is 6.13. The monoisotopic (exact) mass is 283 g/mol. The van der Waals surface area contributed by atoms with Crippen LogP contribution < -0.4 is 4.72 Å². The van der Waals surface area contributed by atoms with Crippen molar-refractivity contribution in [3.63, 3.8) is 0 Å². The van der Waals surface area contributed by atoms with Crippen molar-refractivity contribution < 1.29 is 13.2 Å². The summed E-state index contributed by atoms with van der Waals surface area (Å²) < 4.78 is 26.2. The molecule has 0 amide bonds. The van der Waals surface area contributed by atoms with Crippen LogP contribution in [0.5, 0.6) is 0 Å². The fourth-order valence-corrected chi connectivity index (χ4v) is 2.76. The lowest BCUT2D eigenvalue weighted by molar-refractivity contribution is 0.0979. The van der Waals surface area contributed by atoms with Crippen LogP contribution in [-0.2, 0) is 10.0 Å². The second kappa shape index (κ2) is 7.40. The van der Waals surface area contributed by atoms with Gasteiger partial charge in [-0.15, -0.1) is 0 Å². The predicted molar refractivity (Wildman–Crippen MR) is 75.8 cm³/mol. The highest BCUT2D eigenvalue weighted by molar-refractivity contribution is 7.89. The second-order valence-corrected chi connectivity index (χ2v) is 6.22. The zero-order valence-electron chi connectivity index (χ0n) is 11.5. The van der Waals surface area contributed by atoms with Crippen LogP contribution in [-0.4, -0.2) is 20.7 Å². The molecule has 1 N–H and O–H groups in total. The summed E-state index contributed by atoms with van der Waals surface area (Å²) in [4.78, 5) is 12.0. The molecule has 0 aromatic heterocycles. The van der Waals surface area contributed by atoms with Crippen LogP contribution >= 0.6 is 0 Å². The molecule has 0 aliphatic heterocycles. The lowest BCUT2D eigenvalue weighted by Crippen LogP contribution is -2.24. The van der Waals surface area contributed by atoms with E-state index >= 15 is 0 Å². The highest BCUT2D eigenvalue weighted by Crippen LogP contribution is 2.13. The van der Waals surface area contributed by atoms with Gasteiger partial charge in [0.25, 0.3) is 0 Å². The smallest absolute Gasteiger partial charge is 0.240 e. The Balaban J connectivity index is 2.79. The van der Waals surface area contributed by atoms with Gasteiger partial charge in [0.15, 0.2) is 5.78 Å². The van der Waals surface area contributed by atoms with E-state index in [4.69, 9.17) is 0 Å². The highest BCUT2D eigenvalue weighted by atomic mass is 32.2. The Morgan fingerprint density at radius 2 is 1.74 bits per heavy atom. The Bertz CT molecular complexity index is 506. The van der Waals surface area contributed by atoms with Gasteiger partial charge >= 0.3 is 0 Å². The van der Waals surface area contributed by atoms with Crippen molar-refractivity contribution in [2.75, 3.05) is 6.54 Å². The van der Waals surface area contributed by atoms with E-state index in [-0.39, 0.29) is 10.7 Å². The topological polar surface area (TPSA) is 63.2 Å². The van der Waals surface area contributed by atoms with Crippen molar-refractivity contribution in [3.05, 3.63) is 29.8 Å². The molecule has 0 unspecified atom stereocenters. The summed E-state index contributed by atoms with van der Waals surface area (Å²) >= 11 is 0. The standard InChI is InChI=1S/C14H21NO3S/c1-3-5-6-14(16)12-7-9-13(10-8-12)19(17,18)15-11-4-2/h7-10,15H,3-6,11H2,1-2H3. The molecule has 1 aromatic rings. The van der Waals surface area contributed by atoms with Crippen LogP contribution in [0, 0.1) is 0 Å². The Labute approximate surface area is 115 Å². The van der Waals surface area contributed by atoms with Crippen molar-refractivity contribution in [2.45, 2.75) is 44.4 Å². The molecule has 19 heavy (non-hydrogen) atoms. The van der Waals surface area contributed by atoms with Crippen LogP contribution in [0.4, 0.5) is 0 Å². The van der Waals surface area contributed by atoms with Crippen LogP contribution in [0.1, 0.15) is 49.9 Å². The van der Waals surface area contributed by atoms with E-state index in [0.29, 0.717) is 18.5 Å². The third-order valence-electron chi connectivity index (χ3n) is 2.79. The minimum atomic E-state index is -3.44. The average Bonchev–Trinajstić information content (AvgIpc) is 2.42. The van der Waals surface area contributed by atoms with E-state index in [1.165, 1.54) is 12.1 Å². The Morgan fingerprint density at radius 1 is 1.11 bits per heavy atom. The van der Waals surface area contributed by atoms with Gasteiger partial charge in [0.2, 0.25) is 10.0 Å². The zero-order valence-corrected chi connectivity index (χ0v) is 12.3. The largest absolute Gasteiger partial charge is 0.294 e. The molecule has 0 atom stereocenters. The van der Waals surface area contributed by atoms with Crippen LogP contribution in [0.2, 0.25) is 0 Å². The number of hydrogen-bond acceptors (Lipinski definition) is 3. The molecule has 0 radical (unpaired) electrons. The molecule has 0 fully saturated rings. The lowest BCUT2D eigenvalue weighted by atomic mass is 10.1. The number of unbranched alkanes of at least 4 members (excludes halogenated alkanes) is 1. The molecule has 0 bridgehead atoms. The number of carbonyl (C=O) groups is 1. The minimum Gasteiger partial charge on any atom is -0.294 e. The molecule has 0 saturated heterocycles. The highest BCUT2D eigenvalue weighted by Gasteiger charge is 2.13. The van der Waals surface area contributed by atoms with E-state index in [1.54, 1.807) is 12.1 Å². The van der Waals surface area contributed by atoms with Crippen molar-refractivity contribution in [1.82, 2.24) is 4.72 Å². The quantitative estimate of drug-likeness (QED) is 0.746. The second-order valence-electron chi connectivity index (χ2n) is 4.45. The Kier molecular flexibility index (Phi) is 6.18. The van der Waals surface area contributed by atoms with E-state index in [0.717, 1.165) is 19.3 Å². The molecule has 0 aliphatic carbocycles. The van der Waals surface area contributed by atoms with Gasteiger partial charge in [-0.05, 0) is 25.0 Å². The fraction of sp³-hybridized carbons (Fsp3) is 0.500. The molecule has 0 spiro atoms. The molecular formula is C14H21NO3S. The molecule has 0 saturated carbocycles. The van der Waals surface area contributed by atoms with Gasteiger partial charge in [-0.3, -0.25) is 4.79 Å². The van der Waals surface area contributed by atoms with Crippen molar-refractivity contribution in [1.29, 1.82) is 0 Å². The lowest BCUT2D eigenvalue weighted by Gasteiger charge is -2.06. The summed E-state index contributed by atoms with van der Waals surface area (Å²) in [5.41, 5.74) is 0.572. The summed E-state index contributed by atoms with van der Waals surface area (Å²) in [6.07, 6.45) is 3.08. The minimum absolute atomic E-state index is 0.0623. The first-order valence-electron chi connectivity index (χ1n) is 6.64. The molecular weight excluding hydrogens is 262 g/mol. The maximum absolute atomic E-state index is 11.8. The number of rotatable bonds is 8. The maximum atomic E-state index is 11.8. The number of sulfonamides is 1. The van der Waals surface area contributed by atoms with Crippen LogP contribution in [0.3, 0.4) is 0 Å². The van der Waals surface area contributed by atoms with E-state index in [9.17, 15) is 13.2 Å². The van der Waals surface area contributed by atoms with E-state index in [2.05, 4.69) is 4.72 Å². The Hall–Kier alpha value is -1.20. The average molecular weight is 283 g/mol. The molecule has 4 nitrogen and oxygen atoms in total. The maximum Gasteiger partial charge on any atom is 0.240 e. The zero-order chi connectivity index (χ0) is 14.3. The van der Waals surface area contributed by atoms with Crippen LogP contribution in [0.25, 0.3) is 0 Å². The normalized spacial score (nSPS) is 11.5. The fourth-order valence-electron chi connectivity index (χ4n) is 1.62. The van der Waals surface area contributed by atoms with E-state index < -0.39 is 10.0 Å². The van der Waals surface area contributed by atoms with Crippen LogP contribution in [0.15, 0.2) is 29.2 Å². The molecule has 1 aromatic carbocycles. The first-order chi connectivity index (χ1) is 9.01. The number of nitrogens with one attached hydrogen (secondary N) is 1. The van der Waals surface area contributed by atoms with Crippen molar-refractivity contribution >= 4 is 15.8 Å². The molecule has 5 heteroatoms. The van der Waals surface area contributed by atoms with Gasteiger partial charge in [0.1, 0.15) is 0 Å². The summed E-state index contributed by atoms with van der Waals surface area (Å²) in [5.74, 6) is 0.0623. The van der Waals surface area contributed by atoms with Gasteiger partial charge < -0.3 is 0 Å². The summed E-state index contributed by atoms with van der Waals surface area (Å²) in [7, 11) is -3.44. The number of Topliss-reactive ketones (excluding diaryl/α,β-unsaturated/α-hetero) is 1. The molecule has 0 aliphatic rings. The molecule has 106 valence electrons. The molecule has 0 heterocycles. The van der Waals surface area contributed by atoms with Gasteiger partial charge in [0.05, 0.1) is 4.90 Å². The first-order valence-corrected chi connectivity index (χ1v) is 8.12. The van der Waals surface area contributed by atoms with Crippen molar-refractivity contribution in [3.8, 4) is 0 Å². The van der Waals surface area contributed by atoms with E-state index in [1.807, 2.05) is 13.8 Å².